The fraction of sp³-hybridized carbons (Fsp3) is 0.744. The molecule has 2 aliphatic rings. The van der Waals surface area contributed by atoms with E-state index in [-0.39, 0.29) is 30.7 Å². The number of thioether (sulfide) groups is 2. The molecule has 0 aromatic carbocycles. The van der Waals surface area contributed by atoms with E-state index < -0.39 is 88.2 Å². The molecule has 0 aliphatic carbocycles. The van der Waals surface area contributed by atoms with E-state index in [0.29, 0.717) is 13.2 Å². The molecule has 2 aliphatic heterocycles. The van der Waals surface area contributed by atoms with Crippen LogP contribution in [0.2, 0.25) is 36.3 Å². The molecule has 0 bridgehead atoms. The van der Waals surface area contributed by atoms with E-state index >= 15 is 0 Å². The number of carbonyl (C=O) groups is 2. The third-order valence-corrected chi connectivity index (χ3v) is 20.9. The molecule has 26 heteroatoms. The van der Waals surface area contributed by atoms with Crippen LogP contribution in [0.15, 0.2) is 43.7 Å². The second kappa shape index (κ2) is 32.2. The average Bonchev–Trinajstić information content (AvgIpc) is 3.70. The molecule has 380 valence electrons. The lowest BCUT2D eigenvalue weighted by molar-refractivity contribution is -0.176. The standard InChI is InChI=1S/2C18H32N2O6SSi.2CH2O.CH4.2H2O2/c1-18(2,3)28(5,6)26-15-12(11-24-9-10-27-4)25-16(14(15)22)20-8-7-13(21)19-17(20)23;1-18(2,3)28(5,6)26-15-14(22)12(11-24-9-10-27-4)25-16(15)20-8-7-13(21)19-17(20)23;2*1-2;;2*1-2/h2*7-8,12,14-16,22H,9-11H2,1-6H3,(H,19,21,23);2*1H2;1H4;2*1-2H/t12-,14+,15?,16-;12-,14?,15+,16-;;;;;/m11...../s1. The van der Waals surface area contributed by atoms with E-state index in [9.17, 15) is 29.4 Å². The number of aliphatic hydroxyl groups excluding tert-OH is 2. The number of hydrogen-bond acceptors (Lipinski definition) is 20. The van der Waals surface area contributed by atoms with Gasteiger partial charge in [0.2, 0.25) is 0 Å². The minimum absolute atomic E-state index is 0. The number of aliphatic hydroxyl groups is 2. The Bertz CT molecular complexity index is 1820. The van der Waals surface area contributed by atoms with Crippen LogP contribution in [0.3, 0.4) is 0 Å². The van der Waals surface area contributed by atoms with Gasteiger partial charge < -0.3 is 47.6 Å². The molecule has 0 spiro atoms. The van der Waals surface area contributed by atoms with Crippen molar-refractivity contribution in [3.8, 4) is 0 Å². The topological polar surface area (TPSA) is 321 Å². The monoisotopic (exact) mass is 1010 g/mol. The number of nitrogens with zero attached hydrogens (tertiary/aromatic N) is 2. The van der Waals surface area contributed by atoms with Crippen molar-refractivity contribution in [2.24, 2.45) is 0 Å². The Morgan fingerprint density at radius 2 is 1.00 bits per heavy atom. The lowest BCUT2D eigenvalue weighted by Crippen LogP contribution is -2.50. The van der Waals surface area contributed by atoms with Crippen molar-refractivity contribution < 1.29 is 68.6 Å². The van der Waals surface area contributed by atoms with Crippen LogP contribution in [-0.2, 0) is 37.4 Å². The molecule has 65 heavy (non-hydrogen) atoms. The molecule has 4 rings (SSSR count). The maximum Gasteiger partial charge on any atom is 0.330 e. The van der Waals surface area contributed by atoms with Crippen molar-refractivity contribution in [3.63, 3.8) is 0 Å². The van der Waals surface area contributed by atoms with Gasteiger partial charge in [-0.2, -0.15) is 23.5 Å². The Morgan fingerprint density at radius 1 is 0.646 bits per heavy atom. The second-order valence-electron chi connectivity index (χ2n) is 17.0. The van der Waals surface area contributed by atoms with Gasteiger partial charge in [-0.25, -0.2) is 9.59 Å². The summed E-state index contributed by atoms with van der Waals surface area (Å²) in [6, 6.07) is 2.48. The first kappa shape index (κ1) is 66.6. The lowest BCUT2D eigenvalue weighted by Gasteiger charge is -2.40. The van der Waals surface area contributed by atoms with E-state index in [1.54, 1.807) is 23.5 Å². The van der Waals surface area contributed by atoms with Gasteiger partial charge >= 0.3 is 11.4 Å². The maximum atomic E-state index is 12.3. The molecule has 8 atom stereocenters. The van der Waals surface area contributed by atoms with Gasteiger partial charge in [-0.3, -0.25) is 49.7 Å². The quantitative estimate of drug-likeness (QED) is 0.0517. The highest BCUT2D eigenvalue weighted by Crippen LogP contribution is 2.43. The van der Waals surface area contributed by atoms with Gasteiger partial charge in [-0.15, -0.1) is 0 Å². The summed E-state index contributed by atoms with van der Waals surface area (Å²) in [6.45, 7) is 26.6. The van der Waals surface area contributed by atoms with E-state index in [2.05, 4.69) is 77.7 Å². The van der Waals surface area contributed by atoms with Gasteiger partial charge in [-0.05, 0) is 48.8 Å². The molecular weight excluding hydrogens is 933 g/mol. The first-order valence-electron chi connectivity index (χ1n) is 19.7. The van der Waals surface area contributed by atoms with Crippen LogP contribution < -0.4 is 22.5 Å². The summed E-state index contributed by atoms with van der Waals surface area (Å²) in [5, 5.41) is 45.7. The summed E-state index contributed by atoms with van der Waals surface area (Å²) in [6.07, 6.45) is 0.378. The highest BCUT2D eigenvalue weighted by atomic mass is 32.2. The predicted octanol–water partition coefficient (Wildman–Crippen LogP) is 3.43. The van der Waals surface area contributed by atoms with Crippen LogP contribution in [0.25, 0.3) is 0 Å². The molecule has 8 N–H and O–H groups in total. The largest absolute Gasteiger partial charge is 0.408 e. The van der Waals surface area contributed by atoms with E-state index in [4.69, 9.17) is 58.4 Å². The zero-order chi connectivity index (χ0) is 50.2. The van der Waals surface area contributed by atoms with Gasteiger partial charge in [0.1, 0.15) is 50.2 Å². The summed E-state index contributed by atoms with van der Waals surface area (Å²) in [7, 11) is -4.47. The first-order chi connectivity index (χ1) is 30.0. The fourth-order valence-corrected chi connectivity index (χ4v) is 8.59. The summed E-state index contributed by atoms with van der Waals surface area (Å²) in [4.78, 5) is 67.7. The van der Waals surface area contributed by atoms with E-state index in [1.807, 2.05) is 26.1 Å². The maximum absolute atomic E-state index is 12.3. The summed E-state index contributed by atoms with van der Waals surface area (Å²) in [5.41, 5.74) is -2.22. The van der Waals surface area contributed by atoms with Gasteiger partial charge in [0.25, 0.3) is 11.1 Å². The molecule has 4 heterocycles. The van der Waals surface area contributed by atoms with Crippen LogP contribution in [0.1, 0.15) is 61.4 Å². The van der Waals surface area contributed by atoms with E-state index in [0.717, 1.165) is 11.5 Å². The minimum Gasteiger partial charge on any atom is -0.408 e. The average molecular weight is 1010 g/mol. The van der Waals surface area contributed by atoms with Gasteiger partial charge in [0.15, 0.2) is 29.1 Å². The number of rotatable bonds is 16. The first-order valence-corrected chi connectivity index (χ1v) is 28.3. The fourth-order valence-electron chi connectivity index (χ4n) is 5.41. The van der Waals surface area contributed by atoms with Crippen molar-refractivity contribution in [2.75, 3.05) is 50.4 Å². The molecule has 22 nitrogen and oxygen atoms in total. The second-order valence-corrected chi connectivity index (χ2v) is 28.5. The molecule has 2 unspecified atom stereocenters. The third kappa shape index (κ3) is 20.2. The number of aromatic nitrogens is 4. The Hall–Kier alpha value is -2.65. The van der Waals surface area contributed by atoms with Crippen LogP contribution in [-0.4, -0.2) is 168 Å². The van der Waals surface area contributed by atoms with Crippen LogP contribution in [0.5, 0.6) is 0 Å². The SMILES string of the molecule is C.C=O.C=O.CSCCOC[C@H]1O[C@@H](n2ccc(=O)[nH]c2=O)[C@@H](O)C1O[Si](C)(C)C(C)(C)C.CSCCOC[C@H]1O[C@@H](n2ccc(=O)[nH]c2=O)[C@@H](O[Si](C)(C)C(C)(C)C)C1O.OO.OO. The molecule has 2 aromatic heterocycles. The number of carbonyl (C=O) groups excluding carboxylic acids is 2. The van der Waals surface area contributed by atoms with Crippen molar-refractivity contribution in [3.05, 3.63) is 66.2 Å². The van der Waals surface area contributed by atoms with Crippen LogP contribution in [0.4, 0.5) is 0 Å². The van der Waals surface area contributed by atoms with Crippen molar-refractivity contribution in [2.45, 2.75) is 134 Å². The zero-order valence-electron chi connectivity index (χ0n) is 38.9. The molecule has 2 saturated heterocycles. The van der Waals surface area contributed by atoms with Crippen LogP contribution >= 0.6 is 23.5 Å². The van der Waals surface area contributed by atoms with Crippen molar-refractivity contribution >= 4 is 53.7 Å². The third-order valence-electron chi connectivity index (χ3n) is 10.8. The molecular formula is C39H76N4O18S2Si2. The highest BCUT2D eigenvalue weighted by molar-refractivity contribution is 7.98. The summed E-state index contributed by atoms with van der Waals surface area (Å²) in [5.74, 6) is 1.70. The Balaban J connectivity index is -0.00000101. The van der Waals surface area contributed by atoms with Gasteiger partial charge in [0, 0.05) is 36.0 Å². The van der Waals surface area contributed by atoms with Crippen molar-refractivity contribution in [1.29, 1.82) is 0 Å². The molecule has 0 radical (unpaired) electrons. The summed E-state index contributed by atoms with van der Waals surface area (Å²) < 4.78 is 38.6. The van der Waals surface area contributed by atoms with Crippen molar-refractivity contribution in [1.82, 2.24) is 19.1 Å². The van der Waals surface area contributed by atoms with Gasteiger partial charge in [0.05, 0.1) is 26.4 Å². The zero-order valence-corrected chi connectivity index (χ0v) is 42.5. The Labute approximate surface area is 391 Å². The molecule has 0 saturated carbocycles. The number of aromatic amines is 2. The lowest BCUT2D eigenvalue weighted by atomic mass is 10.1. The Kier molecular flexibility index (Phi) is 33.0. The smallest absolute Gasteiger partial charge is 0.330 e. The molecule has 0 amide bonds. The molecule has 2 aromatic rings. The Morgan fingerprint density at radius 3 is 1.37 bits per heavy atom. The molecule has 2 fully saturated rings. The predicted molar refractivity (Wildman–Crippen MR) is 257 cm³/mol. The highest BCUT2D eigenvalue weighted by Gasteiger charge is 2.52. The number of H-pyrrole nitrogens is 2. The summed E-state index contributed by atoms with van der Waals surface area (Å²) >= 11 is 3.35. The van der Waals surface area contributed by atoms with E-state index in [1.165, 1.54) is 33.7 Å². The normalized spacial score (nSPS) is 22.7. The van der Waals surface area contributed by atoms with Gasteiger partial charge in [-0.1, -0.05) is 49.0 Å². The number of hydrogen-bond donors (Lipinski definition) is 8. The number of ether oxygens (including phenoxy) is 4. The van der Waals surface area contributed by atoms with Crippen LogP contribution in [0, 0.1) is 0 Å². The number of nitrogens with one attached hydrogen (secondary N) is 2. The minimum atomic E-state index is -2.26.